The lowest BCUT2D eigenvalue weighted by Crippen LogP contribution is -2.34. The highest BCUT2D eigenvalue weighted by molar-refractivity contribution is 6.00. The van der Waals surface area contributed by atoms with Gasteiger partial charge in [0.15, 0.2) is 0 Å². The zero-order valence-electron chi connectivity index (χ0n) is 17.3. The molecule has 1 aromatic rings. The number of allylic oxidation sites excluding steroid dienone is 2. The number of hydrogen-bond acceptors (Lipinski definition) is 7. The van der Waals surface area contributed by atoms with E-state index in [2.05, 4.69) is 0 Å². The molecule has 1 aromatic carbocycles. The quantitative estimate of drug-likeness (QED) is 0.625. The Kier molecular flexibility index (Phi) is 7.85. The lowest BCUT2D eigenvalue weighted by molar-refractivity contribution is -0.143. The van der Waals surface area contributed by atoms with E-state index >= 15 is 0 Å². The second kappa shape index (κ2) is 9.97. The molecule has 0 fully saturated rings. The van der Waals surface area contributed by atoms with Gasteiger partial charge in [0.05, 0.1) is 35.8 Å². The standard InChI is InChI=1S/C21H24F3NO6/c1-12-16(19(28)30-10-8-26)18(14-6-4-5-7-15(14)21(22,23)24)17(13(2)25(12)3)20(29)31-11-9-27/h4-7,18,26-27H,8-11H2,1-3H3. The molecule has 0 unspecified atom stereocenters. The molecule has 1 aliphatic rings. The third kappa shape index (κ3) is 5.08. The van der Waals surface area contributed by atoms with Crippen LogP contribution < -0.4 is 0 Å². The summed E-state index contributed by atoms with van der Waals surface area (Å²) >= 11 is 0. The molecule has 10 heteroatoms. The zero-order valence-corrected chi connectivity index (χ0v) is 17.3. The van der Waals surface area contributed by atoms with Crippen LogP contribution in [0.25, 0.3) is 0 Å². The maximum absolute atomic E-state index is 13.8. The maximum atomic E-state index is 13.8. The first-order valence-corrected chi connectivity index (χ1v) is 9.43. The van der Waals surface area contributed by atoms with Crippen molar-refractivity contribution in [2.24, 2.45) is 0 Å². The topological polar surface area (TPSA) is 96.3 Å². The monoisotopic (exact) mass is 443 g/mol. The van der Waals surface area contributed by atoms with Gasteiger partial charge in [-0.25, -0.2) is 9.59 Å². The van der Waals surface area contributed by atoms with Gasteiger partial charge in [-0.3, -0.25) is 0 Å². The summed E-state index contributed by atoms with van der Waals surface area (Å²) in [5.74, 6) is -3.34. The van der Waals surface area contributed by atoms with Gasteiger partial charge in [0.1, 0.15) is 13.2 Å². The van der Waals surface area contributed by atoms with Crippen LogP contribution in [-0.4, -0.2) is 60.5 Å². The normalized spacial score (nSPS) is 15.4. The molecule has 31 heavy (non-hydrogen) atoms. The number of carbonyl (C=O) groups excluding carboxylic acids is 2. The minimum absolute atomic E-state index is 0.172. The minimum Gasteiger partial charge on any atom is -0.460 e. The molecule has 170 valence electrons. The fraction of sp³-hybridized carbons (Fsp3) is 0.429. The van der Waals surface area contributed by atoms with E-state index in [9.17, 15) is 22.8 Å². The number of aliphatic hydroxyl groups is 2. The van der Waals surface area contributed by atoms with Crippen molar-refractivity contribution in [1.82, 2.24) is 4.90 Å². The summed E-state index contributed by atoms with van der Waals surface area (Å²) in [4.78, 5) is 27.1. The van der Waals surface area contributed by atoms with Crippen molar-refractivity contribution in [2.75, 3.05) is 33.5 Å². The molecule has 7 nitrogen and oxygen atoms in total. The predicted octanol–water partition coefficient (Wildman–Crippen LogP) is 2.35. The molecule has 1 aliphatic heterocycles. The minimum atomic E-state index is -4.75. The van der Waals surface area contributed by atoms with Crippen LogP contribution >= 0.6 is 0 Å². The molecule has 2 N–H and O–H groups in total. The van der Waals surface area contributed by atoms with Gasteiger partial charge >= 0.3 is 18.1 Å². The van der Waals surface area contributed by atoms with Crippen molar-refractivity contribution in [2.45, 2.75) is 25.9 Å². The Balaban J connectivity index is 2.79. The number of rotatable bonds is 7. The number of ether oxygens (including phenoxy) is 2. The molecule has 0 amide bonds. The van der Waals surface area contributed by atoms with E-state index in [-0.39, 0.29) is 29.9 Å². The van der Waals surface area contributed by atoms with E-state index in [1.165, 1.54) is 36.9 Å². The van der Waals surface area contributed by atoms with Gasteiger partial charge in [-0.05, 0) is 25.5 Å². The van der Waals surface area contributed by atoms with Crippen LogP contribution in [0.5, 0.6) is 0 Å². The number of hydrogen-bond donors (Lipinski definition) is 2. The highest BCUT2D eigenvalue weighted by Crippen LogP contribution is 2.46. The van der Waals surface area contributed by atoms with Gasteiger partial charge in [-0.1, -0.05) is 18.2 Å². The summed E-state index contributed by atoms with van der Waals surface area (Å²) < 4.78 is 51.4. The summed E-state index contributed by atoms with van der Waals surface area (Å²) in [6, 6.07) is 4.65. The highest BCUT2D eigenvalue weighted by Gasteiger charge is 2.44. The third-order valence-electron chi connectivity index (χ3n) is 5.03. The van der Waals surface area contributed by atoms with Gasteiger partial charge in [0.2, 0.25) is 0 Å². The van der Waals surface area contributed by atoms with Crippen molar-refractivity contribution in [3.8, 4) is 0 Å². The van der Waals surface area contributed by atoms with E-state index in [1.807, 2.05) is 0 Å². The van der Waals surface area contributed by atoms with E-state index in [0.717, 1.165) is 6.07 Å². The van der Waals surface area contributed by atoms with Crippen molar-refractivity contribution >= 4 is 11.9 Å². The number of esters is 2. The molecule has 0 spiro atoms. The number of nitrogens with zero attached hydrogens (tertiary/aromatic N) is 1. The number of carbonyl (C=O) groups is 2. The van der Waals surface area contributed by atoms with E-state index < -0.39 is 42.8 Å². The Morgan fingerprint density at radius 2 is 1.42 bits per heavy atom. The van der Waals surface area contributed by atoms with Gasteiger partial charge in [-0.2, -0.15) is 13.2 Å². The van der Waals surface area contributed by atoms with Crippen LogP contribution in [0.3, 0.4) is 0 Å². The average molecular weight is 443 g/mol. The Hall–Kier alpha value is -2.85. The van der Waals surface area contributed by atoms with Crippen LogP contribution in [0.4, 0.5) is 13.2 Å². The first-order valence-electron chi connectivity index (χ1n) is 9.43. The predicted molar refractivity (Wildman–Crippen MR) is 103 cm³/mol. The molecule has 0 bridgehead atoms. The van der Waals surface area contributed by atoms with E-state index in [4.69, 9.17) is 19.7 Å². The second-order valence-electron chi connectivity index (χ2n) is 6.79. The van der Waals surface area contributed by atoms with Crippen molar-refractivity contribution in [3.63, 3.8) is 0 Å². The third-order valence-corrected chi connectivity index (χ3v) is 5.03. The molecule has 0 atom stereocenters. The molecular weight excluding hydrogens is 419 g/mol. The van der Waals surface area contributed by atoms with Gasteiger partial charge in [0.25, 0.3) is 0 Å². The summed E-state index contributed by atoms with van der Waals surface area (Å²) in [6.07, 6.45) is -4.75. The Morgan fingerprint density at radius 3 is 1.84 bits per heavy atom. The summed E-state index contributed by atoms with van der Waals surface area (Å²) in [5, 5.41) is 18.0. The molecule has 0 saturated heterocycles. The first kappa shape index (κ1) is 24.4. The molecule has 0 aromatic heterocycles. The van der Waals surface area contributed by atoms with E-state index in [1.54, 1.807) is 7.05 Å². The van der Waals surface area contributed by atoms with Crippen LogP contribution in [-0.2, 0) is 25.2 Å². The SMILES string of the molecule is CC1=C(C(=O)OCCO)C(c2ccccc2C(F)(F)F)C(C(=O)OCCO)=C(C)N1C. The van der Waals surface area contributed by atoms with Crippen molar-refractivity contribution in [3.05, 3.63) is 57.9 Å². The fourth-order valence-electron chi connectivity index (χ4n) is 3.46. The first-order chi connectivity index (χ1) is 14.6. The molecule has 2 rings (SSSR count). The maximum Gasteiger partial charge on any atom is 0.416 e. The Labute approximate surface area is 177 Å². The van der Waals surface area contributed by atoms with Crippen molar-refractivity contribution in [1.29, 1.82) is 0 Å². The Bertz CT molecular complexity index is 863. The number of aliphatic hydroxyl groups excluding tert-OH is 2. The smallest absolute Gasteiger partial charge is 0.416 e. The van der Waals surface area contributed by atoms with E-state index in [0.29, 0.717) is 11.4 Å². The number of alkyl halides is 3. The molecule has 0 saturated carbocycles. The van der Waals surface area contributed by atoms with Crippen LogP contribution in [0.2, 0.25) is 0 Å². The molecular formula is C21H24F3NO6. The summed E-state index contributed by atoms with van der Waals surface area (Å²) in [6.45, 7) is 1.38. The van der Waals surface area contributed by atoms with Crippen LogP contribution in [0.1, 0.15) is 30.9 Å². The molecule has 0 radical (unpaired) electrons. The fourth-order valence-corrected chi connectivity index (χ4v) is 3.46. The van der Waals surface area contributed by atoms with Crippen LogP contribution in [0.15, 0.2) is 46.8 Å². The van der Waals surface area contributed by atoms with Crippen LogP contribution in [0, 0.1) is 0 Å². The Morgan fingerprint density at radius 1 is 0.968 bits per heavy atom. The number of halogens is 3. The largest absolute Gasteiger partial charge is 0.460 e. The lowest BCUT2D eigenvalue weighted by Gasteiger charge is -2.36. The van der Waals surface area contributed by atoms with Gasteiger partial charge < -0.3 is 24.6 Å². The zero-order chi connectivity index (χ0) is 23.3. The lowest BCUT2D eigenvalue weighted by atomic mass is 9.78. The summed E-state index contributed by atoms with van der Waals surface area (Å²) in [5.41, 5.74) is -1.08. The highest BCUT2D eigenvalue weighted by atomic mass is 19.4. The van der Waals surface area contributed by atoms with Gasteiger partial charge in [0, 0.05) is 18.4 Å². The molecule has 0 aliphatic carbocycles. The van der Waals surface area contributed by atoms with Crippen molar-refractivity contribution < 1.29 is 42.4 Å². The summed E-state index contributed by atoms with van der Waals surface area (Å²) in [7, 11) is 1.55. The second-order valence-corrected chi connectivity index (χ2v) is 6.79. The molecule has 1 heterocycles. The average Bonchev–Trinajstić information content (AvgIpc) is 2.73. The number of benzene rings is 1. The van der Waals surface area contributed by atoms with Gasteiger partial charge in [-0.15, -0.1) is 0 Å².